The molecular formula is C16H29NO2. The average molecular weight is 267 g/mol. The second-order valence-corrected chi connectivity index (χ2v) is 6.61. The Bertz CT molecular complexity index is 299. The number of carbonyl (C=O) groups excluding carboxylic acids is 1. The fourth-order valence-electron chi connectivity index (χ4n) is 3.15. The molecule has 0 saturated heterocycles. The van der Waals surface area contributed by atoms with Crippen LogP contribution < -0.4 is 5.32 Å². The van der Waals surface area contributed by atoms with Crippen LogP contribution in [0.2, 0.25) is 0 Å². The van der Waals surface area contributed by atoms with Gasteiger partial charge < -0.3 is 10.1 Å². The highest BCUT2D eigenvalue weighted by Crippen LogP contribution is 2.39. The largest absolute Gasteiger partial charge is 0.378 e. The quantitative estimate of drug-likeness (QED) is 0.568. The topological polar surface area (TPSA) is 38.3 Å². The van der Waals surface area contributed by atoms with Crippen molar-refractivity contribution < 1.29 is 9.53 Å². The first-order valence-electron chi connectivity index (χ1n) is 7.45. The van der Waals surface area contributed by atoms with Crippen molar-refractivity contribution in [2.75, 3.05) is 13.2 Å². The third-order valence-corrected chi connectivity index (χ3v) is 3.76. The van der Waals surface area contributed by atoms with Gasteiger partial charge in [-0.05, 0) is 49.5 Å². The lowest BCUT2D eigenvalue weighted by molar-refractivity contribution is -0.116. The lowest BCUT2D eigenvalue weighted by Crippen LogP contribution is -2.32. The number of unbranched alkanes of at least 4 members (excludes halogenated alkanes) is 1. The first-order chi connectivity index (χ1) is 8.93. The fourth-order valence-corrected chi connectivity index (χ4v) is 3.15. The summed E-state index contributed by atoms with van der Waals surface area (Å²) in [6, 6.07) is 0. The minimum Gasteiger partial charge on any atom is -0.378 e. The van der Waals surface area contributed by atoms with Crippen LogP contribution in [-0.2, 0) is 9.53 Å². The molecule has 2 unspecified atom stereocenters. The highest BCUT2D eigenvalue weighted by atomic mass is 16.5. The summed E-state index contributed by atoms with van der Waals surface area (Å²) in [7, 11) is 0. The van der Waals surface area contributed by atoms with Gasteiger partial charge >= 0.3 is 0 Å². The minimum absolute atomic E-state index is 0.0937. The minimum atomic E-state index is -0.0937. The van der Waals surface area contributed by atoms with Crippen LogP contribution in [0, 0.1) is 11.3 Å². The molecule has 2 atom stereocenters. The van der Waals surface area contributed by atoms with Crippen LogP contribution in [-0.4, -0.2) is 25.2 Å². The number of hydrogen-bond donors (Lipinski definition) is 1. The van der Waals surface area contributed by atoms with Gasteiger partial charge in [0, 0.05) is 13.2 Å². The van der Waals surface area contributed by atoms with E-state index in [1.807, 2.05) is 0 Å². The zero-order valence-electron chi connectivity index (χ0n) is 12.7. The Morgan fingerprint density at radius 2 is 2.16 bits per heavy atom. The summed E-state index contributed by atoms with van der Waals surface area (Å²) in [6.07, 6.45) is 7.36. The van der Waals surface area contributed by atoms with Crippen molar-refractivity contribution in [3.8, 4) is 0 Å². The molecule has 1 aliphatic rings. The second kappa shape index (κ2) is 7.68. The lowest BCUT2D eigenvalue weighted by atomic mass is 9.71. The van der Waals surface area contributed by atoms with Crippen molar-refractivity contribution in [3.63, 3.8) is 0 Å². The third kappa shape index (κ3) is 6.76. The number of carbonyl (C=O) groups is 1. The molecule has 1 aliphatic carbocycles. The van der Waals surface area contributed by atoms with Crippen molar-refractivity contribution in [2.45, 2.75) is 59.0 Å². The van der Waals surface area contributed by atoms with E-state index in [2.05, 4.69) is 32.7 Å². The maximum atomic E-state index is 10.9. The van der Waals surface area contributed by atoms with Crippen molar-refractivity contribution in [1.29, 1.82) is 0 Å². The standard InChI is InChI=1S/C16H29NO2/c1-5-15(18)17-8-6-7-9-19-14-10-13(2)11-16(3,4)12-14/h5,13-14H,1,6-12H2,2-4H3,(H,17,18). The molecule has 1 saturated carbocycles. The molecule has 19 heavy (non-hydrogen) atoms. The lowest BCUT2D eigenvalue weighted by Gasteiger charge is -2.38. The molecule has 0 spiro atoms. The van der Waals surface area contributed by atoms with Gasteiger partial charge in [0.2, 0.25) is 5.91 Å². The molecule has 0 aromatic rings. The first-order valence-corrected chi connectivity index (χ1v) is 7.45. The maximum absolute atomic E-state index is 10.9. The van der Waals surface area contributed by atoms with Crippen LogP contribution in [0.3, 0.4) is 0 Å². The highest BCUT2D eigenvalue weighted by molar-refractivity contribution is 5.86. The summed E-state index contributed by atoms with van der Waals surface area (Å²) in [5.74, 6) is 0.671. The van der Waals surface area contributed by atoms with Gasteiger partial charge in [-0.2, -0.15) is 0 Å². The van der Waals surface area contributed by atoms with Gasteiger partial charge in [-0.25, -0.2) is 0 Å². The SMILES string of the molecule is C=CC(=O)NCCCCOC1CC(C)CC(C)(C)C1. The number of rotatable bonds is 7. The van der Waals surface area contributed by atoms with Crippen LogP contribution in [0.5, 0.6) is 0 Å². The van der Waals surface area contributed by atoms with E-state index in [1.165, 1.54) is 25.3 Å². The Hall–Kier alpha value is -0.830. The zero-order valence-corrected chi connectivity index (χ0v) is 12.7. The fraction of sp³-hybridized carbons (Fsp3) is 0.812. The summed E-state index contributed by atoms with van der Waals surface area (Å²) in [5.41, 5.74) is 0.417. The predicted octanol–water partition coefficient (Wildman–Crippen LogP) is 3.30. The van der Waals surface area contributed by atoms with Gasteiger partial charge in [0.25, 0.3) is 0 Å². The Morgan fingerprint density at radius 1 is 1.42 bits per heavy atom. The van der Waals surface area contributed by atoms with E-state index < -0.39 is 0 Å². The molecule has 0 aromatic heterocycles. The molecule has 1 fully saturated rings. The Balaban J connectivity index is 2.09. The van der Waals surface area contributed by atoms with E-state index in [0.29, 0.717) is 18.1 Å². The Labute approximate surface area is 117 Å². The monoisotopic (exact) mass is 267 g/mol. The van der Waals surface area contributed by atoms with E-state index in [-0.39, 0.29) is 5.91 Å². The second-order valence-electron chi connectivity index (χ2n) is 6.61. The molecule has 0 aliphatic heterocycles. The molecular weight excluding hydrogens is 238 g/mol. The van der Waals surface area contributed by atoms with Crippen LogP contribution in [0.4, 0.5) is 0 Å². The number of amides is 1. The van der Waals surface area contributed by atoms with E-state index in [0.717, 1.165) is 25.4 Å². The van der Waals surface area contributed by atoms with Crippen molar-refractivity contribution in [1.82, 2.24) is 5.32 Å². The van der Waals surface area contributed by atoms with E-state index >= 15 is 0 Å². The summed E-state index contributed by atoms with van der Waals surface area (Å²) < 4.78 is 5.99. The molecule has 0 bridgehead atoms. The smallest absolute Gasteiger partial charge is 0.243 e. The molecule has 1 rings (SSSR count). The Morgan fingerprint density at radius 3 is 2.79 bits per heavy atom. The average Bonchev–Trinajstić information content (AvgIpc) is 2.30. The first kappa shape index (κ1) is 16.2. The number of nitrogens with one attached hydrogen (secondary N) is 1. The van der Waals surface area contributed by atoms with Crippen molar-refractivity contribution in [2.24, 2.45) is 11.3 Å². The zero-order chi connectivity index (χ0) is 14.3. The van der Waals surface area contributed by atoms with E-state index in [1.54, 1.807) is 0 Å². The van der Waals surface area contributed by atoms with Gasteiger partial charge in [0.1, 0.15) is 0 Å². The Kier molecular flexibility index (Phi) is 6.56. The summed E-state index contributed by atoms with van der Waals surface area (Å²) in [4.78, 5) is 10.9. The number of hydrogen-bond acceptors (Lipinski definition) is 2. The van der Waals surface area contributed by atoms with E-state index in [9.17, 15) is 4.79 Å². The van der Waals surface area contributed by atoms with Crippen molar-refractivity contribution in [3.05, 3.63) is 12.7 Å². The molecule has 3 heteroatoms. The van der Waals surface area contributed by atoms with E-state index in [4.69, 9.17) is 4.74 Å². The molecule has 0 aromatic carbocycles. The highest BCUT2D eigenvalue weighted by Gasteiger charge is 2.32. The van der Waals surface area contributed by atoms with Crippen LogP contribution in [0.15, 0.2) is 12.7 Å². The van der Waals surface area contributed by atoms with Crippen LogP contribution in [0.25, 0.3) is 0 Å². The van der Waals surface area contributed by atoms with Gasteiger partial charge in [-0.15, -0.1) is 0 Å². The van der Waals surface area contributed by atoms with Gasteiger partial charge in [0.05, 0.1) is 6.10 Å². The third-order valence-electron chi connectivity index (χ3n) is 3.76. The summed E-state index contributed by atoms with van der Waals surface area (Å²) in [6.45, 7) is 11.9. The van der Waals surface area contributed by atoms with Crippen molar-refractivity contribution >= 4 is 5.91 Å². The summed E-state index contributed by atoms with van der Waals surface area (Å²) >= 11 is 0. The van der Waals surface area contributed by atoms with Crippen LogP contribution >= 0.6 is 0 Å². The van der Waals surface area contributed by atoms with Crippen LogP contribution in [0.1, 0.15) is 52.9 Å². The molecule has 3 nitrogen and oxygen atoms in total. The van der Waals surface area contributed by atoms with Gasteiger partial charge in [0.15, 0.2) is 0 Å². The van der Waals surface area contributed by atoms with Gasteiger partial charge in [-0.3, -0.25) is 4.79 Å². The predicted molar refractivity (Wildman–Crippen MR) is 79.0 cm³/mol. The molecule has 0 radical (unpaired) electrons. The number of ether oxygens (including phenoxy) is 1. The normalized spacial score (nSPS) is 25.8. The molecule has 0 heterocycles. The molecule has 1 amide bonds. The molecule has 1 N–H and O–H groups in total. The summed E-state index contributed by atoms with van der Waals surface area (Å²) in [5, 5.41) is 2.78. The van der Waals surface area contributed by atoms with Gasteiger partial charge in [-0.1, -0.05) is 27.4 Å². The maximum Gasteiger partial charge on any atom is 0.243 e. The molecule has 110 valence electrons.